The Labute approximate surface area is 101 Å². The first-order valence-corrected chi connectivity index (χ1v) is 5.74. The predicted molar refractivity (Wildman–Crippen MR) is 65.3 cm³/mol. The van der Waals surface area contributed by atoms with Crippen molar-refractivity contribution in [3.8, 4) is 0 Å². The van der Waals surface area contributed by atoms with Crippen LogP contribution < -0.4 is 5.32 Å². The second-order valence-corrected chi connectivity index (χ2v) is 4.24. The Morgan fingerprint density at radius 2 is 2.00 bits per heavy atom. The highest BCUT2D eigenvalue weighted by Gasteiger charge is 2.01. The number of hydrogen-bond donors (Lipinski definition) is 1. The van der Waals surface area contributed by atoms with Gasteiger partial charge < -0.3 is 9.88 Å². The zero-order valence-corrected chi connectivity index (χ0v) is 10.2. The van der Waals surface area contributed by atoms with E-state index in [1.165, 1.54) is 0 Å². The SMILES string of the molecule is CC(C)NCc1cn(Cc2ncccn2)cn1. The van der Waals surface area contributed by atoms with Crippen LogP contribution in [0.1, 0.15) is 25.4 Å². The lowest BCUT2D eigenvalue weighted by atomic mass is 10.3. The van der Waals surface area contributed by atoms with Gasteiger partial charge in [-0.3, -0.25) is 0 Å². The zero-order chi connectivity index (χ0) is 12.1. The van der Waals surface area contributed by atoms with Crippen LogP contribution in [0.4, 0.5) is 0 Å². The Kier molecular flexibility index (Phi) is 3.82. The van der Waals surface area contributed by atoms with Gasteiger partial charge in [-0.1, -0.05) is 13.8 Å². The first-order valence-electron chi connectivity index (χ1n) is 5.74. The van der Waals surface area contributed by atoms with E-state index in [1.807, 2.05) is 23.2 Å². The summed E-state index contributed by atoms with van der Waals surface area (Å²) in [7, 11) is 0. The first kappa shape index (κ1) is 11.7. The molecule has 0 spiro atoms. The number of rotatable bonds is 5. The van der Waals surface area contributed by atoms with E-state index in [2.05, 4.69) is 34.1 Å². The molecule has 5 heteroatoms. The number of hydrogen-bond acceptors (Lipinski definition) is 4. The second kappa shape index (κ2) is 5.54. The number of nitrogens with zero attached hydrogens (tertiary/aromatic N) is 4. The summed E-state index contributed by atoms with van der Waals surface area (Å²) in [5, 5.41) is 3.33. The average Bonchev–Trinajstić information content (AvgIpc) is 2.75. The normalized spacial score (nSPS) is 11.0. The third-order valence-electron chi connectivity index (χ3n) is 2.32. The summed E-state index contributed by atoms with van der Waals surface area (Å²) in [5.41, 5.74) is 1.04. The molecule has 1 N–H and O–H groups in total. The van der Waals surface area contributed by atoms with Crippen LogP contribution in [-0.4, -0.2) is 25.6 Å². The van der Waals surface area contributed by atoms with Gasteiger partial charge in [-0.05, 0) is 6.07 Å². The quantitative estimate of drug-likeness (QED) is 0.840. The van der Waals surface area contributed by atoms with E-state index in [0.717, 1.165) is 18.1 Å². The Hall–Kier alpha value is -1.75. The summed E-state index contributed by atoms with van der Waals surface area (Å²) < 4.78 is 1.99. The monoisotopic (exact) mass is 231 g/mol. The maximum absolute atomic E-state index is 4.33. The van der Waals surface area contributed by atoms with Crippen LogP contribution in [0.25, 0.3) is 0 Å². The second-order valence-electron chi connectivity index (χ2n) is 4.24. The van der Waals surface area contributed by atoms with Crippen LogP contribution in [0.2, 0.25) is 0 Å². The van der Waals surface area contributed by atoms with E-state index in [9.17, 15) is 0 Å². The topological polar surface area (TPSA) is 55.6 Å². The third-order valence-corrected chi connectivity index (χ3v) is 2.32. The molecule has 0 aliphatic rings. The van der Waals surface area contributed by atoms with Crippen molar-refractivity contribution in [2.75, 3.05) is 0 Å². The van der Waals surface area contributed by atoms with E-state index in [-0.39, 0.29) is 0 Å². The van der Waals surface area contributed by atoms with Crippen LogP contribution >= 0.6 is 0 Å². The fourth-order valence-electron chi connectivity index (χ4n) is 1.47. The van der Waals surface area contributed by atoms with Crippen LogP contribution in [-0.2, 0) is 13.1 Å². The molecule has 0 bridgehead atoms. The number of aromatic nitrogens is 4. The van der Waals surface area contributed by atoms with Crippen molar-refractivity contribution >= 4 is 0 Å². The van der Waals surface area contributed by atoms with E-state index in [0.29, 0.717) is 12.6 Å². The van der Waals surface area contributed by atoms with Crippen molar-refractivity contribution in [2.45, 2.75) is 33.0 Å². The van der Waals surface area contributed by atoms with Gasteiger partial charge in [0.2, 0.25) is 0 Å². The first-order chi connectivity index (χ1) is 8.24. The van der Waals surface area contributed by atoms with Gasteiger partial charge in [0.1, 0.15) is 5.82 Å². The molecular weight excluding hydrogens is 214 g/mol. The van der Waals surface area contributed by atoms with Crippen LogP contribution in [0.5, 0.6) is 0 Å². The molecule has 0 aliphatic carbocycles. The molecule has 0 aliphatic heterocycles. The van der Waals surface area contributed by atoms with Crippen molar-refractivity contribution in [2.24, 2.45) is 0 Å². The number of nitrogens with one attached hydrogen (secondary N) is 1. The van der Waals surface area contributed by atoms with Gasteiger partial charge in [-0.2, -0.15) is 0 Å². The van der Waals surface area contributed by atoms with Gasteiger partial charge in [0, 0.05) is 31.2 Å². The lowest BCUT2D eigenvalue weighted by Gasteiger charge is -2.04. The molecular formula is C12H17N5. The molecule has 0 atom stereocenters. The van der Waals surface area contributed by atoms with E-state index < -0.39 is 0 Å². The summed E-state index contributed by atoms with van der Waals surface area (Å²) in [4.78, 5) is 12.7. The van der Waals surface area contributed by atoms with Gasteiger partial charge in [0.15, 0.2) is 0 Å². The minimum Gasteiger partial charge on any atom is -0.329 e. The molecule has 0 aromatic carbocycles. The van der Waals surface area contributed by atoms with Gasteiger partial charge >= 0.3 is 0 Å². The van der Waals surface area contributed by atoms with Crippen molar-refractivity contribution < 1.29 is 0 Å². The Balaban J connectivity index is 1.94. The minimum atomic E-state index is 0.470. The Bertz CT molecular complexity index is 449. The molecule has 0 saturated heterocycles. The highest BCUT2D eigenvalue weighted by atomic mass is 15.1. The number of imidazole rings is 1. The van der Waals surface area contributed by atoms with E-state index in [1.54, 1.807) is 12.4 Å². The predicted octanol–water partition coefficient (Wildman–Crippen LogP) is 1.22. The standard InChI is InChI=1S/C12H17N5/c1-10(2)15-6-11-7-17(9-16-11)8-12-13-4-3-5-14-12/h3-5,7,9-10,15H,6,8H2,1-2H3. The molecule has 17 heavy (non-hydrogen) atoms. The van der Waals surface area contributed by atoms with Gasteiger partial charge in [0.05, 0.1) is 18.6 Å². The fourth-order valence-corrected chi connectivity index (χ4v) is 1.47. The average molecular weight is 231 g/mol. The van der Waals surface area contributed by atoms with E-state index >= 15 is 0 Å². The molecule has 2 heterocycles. The lowest BCUT2D eigenvalue weighted by molar-refractivity contribution is 0.582. The van der Waals surface area contributed by atoms with Crippen molar-refractivity contribution in [1.29, 1.82) is 0 Å². The van der Waals surface area contributed by atoms with Gasteiger partial charge in [-0.25, -0.2) is 15.0 Å². The maximum Gasteiger partial charge on any atom is 0.147 e. The molecule has 2 aromatic rings. The molecule has 90 valence electrons. The van der Waals surface area contributed by atoms with Crippen LogP contribution in [0, 0.1) is 0 Å². The molecule has 0 unspecified atom stereocenters. The largest absolute Gasteiger partial charge is 0.329 e. The lowest BCUT2D eigenvalue weighted by Crippen LogP contribution is -2.21. The summed E-state index contributed by atoms with van der Waals surface area (Å²) in [6.07, 6.45) is 7.33. The molecule has 0 saturated carbocycles. The molecule has 0 fully saturated rings. The smallest absolute Gasteiger partial charge is 0.147 e. The summed E-state index contributed by atoms with van der Waals surface area (Å²) in [6, 6.07) is 2.28. The Morgan fingerprint density at radius 3 is 2.71 bits per heavy atom. The van der Waals surface area contributed by atoms with E-state index in [4.69, 9.17) is 0 Å². The molecule has 2 aromatic heterocycles. The fraction of sp³-hybridized carbons (Fsp3) is 0.417. The van der Waals surface area contributed by atoms with Crippen molar-refractivity contribution in [1.82, 2.24) is 24.8 Å². The molecule has 0 radical (unpaired) electrons. The molecule has 5 nitrogen and oxygen atoms in total. The maximum atomic E-state index is 4.33. The van der Waals surface area contributed by atoms with Crippen molar-refractivity contribution in [3.63, 3.8) is 0 Å². The van der Waals surface area contributed by atoms with Gasteiger partial charge in [0.25, 0.3) is 0 Å². The van der Waals surface area contributed by atoms with Gasteiger partial charge in [-0.15, -0.1) is 0 Å². The van der Waals surface area contributed by atoms with Crippen LogP contribution in [0.15, 0.2) is 31.0 Å². The third kappa shape index (κ3) is 3.64. The summed E-state index contributed by atoms with van der Waals surface area (Å²) in [5.74, 6) is 0.799. The highest BCUT2D eigenvalue weighted by Crippen LogP contribution is 1.99. The van der Waals surface area contributed by atoms with Crippen molar-refractivity contribution in [3.05, 3.63) is 42.5 Å². The molecule has 0 amide bonds. The molecule has 2 rings (SSSR count). The summed E-state index contributed by atoms with van der Waals surface area (Å²) in [6.45, 7) is 5.69. The highest BCUT2D eigenvalue weighted by molar-refractivity contribution is 4.99. The minimum absolute atomic E-state index is 0.470. The summed E-state index contributed by atoms with van der Waals surface area (Å²) >= 11 is 0. The zero-order valence-electron chi connectivity index (χ0n) is 10.2. The van der Waals surface area contributed by atoms with Crippen LogP contribution in [0.3, 0.4) is 0 Å². The Morgan fingerprint density at radius 1 is 1.24 bits per heavy atom.